The highest BCUT2D eigenvalue weighted by Gasteiger charge is 2.30. The molecule has 15 heavy (non-hydrogen) atoms. The first kappa shape index (κ1) is 10.8. The van der Waals surface area contributed by atoms with E-state index in [4.69, 9.17) is 16.3 Å². The second kappa shape index (κ2) is 4.86. The third kappa shape index (κ3) is 3.11. The Morgan fingerprint density at radius 2 is 2.33 bits per heavy atom. The molecule has 0 amide bonds. The molecule has 1 saturated carbocycles. The zero-order chi connectivity index (χ0) is 10.7. The van der Waals surface area contributed by atoms with Crippen LogP contribution in [0, 0.1) is 5.92 Å². The van der Waals surface area contributed by atoms with Crippen LogP contribution < -0.4 is 5.32 Å². The highest BCUT2D eigenvalue weighted by molar-refractivity contribution is 6.30. The lowest BCUT2D eigenvalue weighted by Gasteiger charge is -2.18. The van der Waals surface area contributed by atoms with E-state index in [1.807, 2.05) is 24.3 Å². The van der Waals surface area contributed by atoms with Gasteiger partial charge in [-0.3, -0.25) is 0 Å². The molecule has 1 fully saturated rings. The van der Waals surface area contributed by atoms with Crippen LogP contribution in [0.3, 0.4) is 0 Å². The van der Waals surface area contributed by atoms with Gasteiger partial charge in [0, 0.05) is 17.8 Å². The maximum Gasteiger partial charge on any atom is 0.0666 e. The topological polar surface area (TPSA) is 21.3 Å². The summed E-state index contributed by atoms with van der Waals surface area (Å²) in [6.45, 7) is 0.761. The van der Waals surface area contributed by atoms with E-state index in [0.717, 1.165) is 23.2 Å². The van der Waals surface area contributed by atoms with E-state index in [1.54, 1.807) is 7.11 Å². The number of hydrogen-bond donors (Lipinski definition) is 1. The normalized spacial score (nSPS) is 17.5. The van der Waals surface area contributed by atoms with Gasteiger partial charge in [0.15, 0.2) is 0 Å². The van der Waals surface area contributed by atoms with Gasteiger partial charge in [0.05, 0.1) is 12.6 Å². The molecule has 0 aromatic heterocycles. The first-order valence-corrected chi connectivity index (χ1v) is 5.68. The van der Waals surface area contributed by atoms with Crippen LogP contribution in [-0.2, 0) is 4.74 Å². The molecule has 3 heteroatoms. The van der Waals surface area contributed by atoms with Gasteiger partial charge in [0.2, 0.25) is 0 Å². The van der Waals surface area contributed by atoms with Crippen LogP contribution in [0.25, 0.3) is 0 Å². The van der Waals surface area contributed by atoms with E-state index in [0.29, 0.717) is 6.04 Å². The number of benzene rings is 1. The summed E-state index contributed by atoms with van der Waals surface area (Å²) in [4.78, 5) is 0. The maximum absolute atomic E-state index is 5.93. The Kier molecular flexibility index (Phi) is 3.49. The Morgan fingerprint density at radius 3 is 2.93 bits per heavy atom. The maximum atomic E-state index is 5.93. The first-order valence-electron chi connectivity index (χ1n) is 5.30. The van der Waals surface area contributed by atoms with Crippen molar-refractivity contribution in [1.82, 2.24) is 0 Å². The van der Waals surface area contributed by atoms with Crippen LogP contribution in [0.4, 0.5) is 5.69 Å². The molecule has 1 aliphatic rings. The summed E-state index contributed by atoms with van der Waals surface area (Å²) in [5, 5.41) is 4.24. The molecule has 1 atom stereocenters. The molecule has 2 nitrogen and oxygen atoms in total. The first-order chi connectivity index (χ1) is 7.29. The number of nitrogens with one attached hydrogen (secondary N) is 1. The van der Waals surface area contributed by atoms with E-state index in [2.05, 4.69) is 5.32 Å². The van der Waals surface area contributed by atoms with Crippen LogP contribution in [0.2, 0.25) is 5.02 Å². The summed E-state index contributed by atoms with van der Waals surface area (Å²) in [5.74, 6) is 0.768. The van der Waals surface area contributed by atoms with Gasteiger partial charge in [0.25, 0.3) is 0 Å². The van der Waals surface area contributed by atoms with Crippen molar-refractivity contribution in [1.29, 1.82) is 0 Å². The molecule has 0 radical (unpaired) electrons. The molecule has 82 valence electrons. The van der Waals surface area contributed by atoms with Crippen molar-refractivity contribution < 1.29 is 4.74 Å². The van der Waals surface area contributed by atoms with Crippen molar-refractivity contribution >= 4 is 17.3 Å². The van der Waals surface area contributed by atoms with Crippen molar-refractivity contribution in [2.75, 3.05) is 19.0 Å². The Bertz CT molecular complexity index is 325. The molecule has 1 unspecified atom stereocenters. The minimum Gasteiger partial charge on any atom is -0.383 e. The molecule has 2 rings (SSSR count). The Hall–Kier alpha value is -0.730. The summed E-state index contributed by atoms with van der Waals surface area (Å²) < 4.78 is 5.21. The van der Waals surface area contributed by atoms with E-state index < -0.39 is 0 Å². The fourth-order valence-electron chi connectivity index (χ4n) is 1.77. The van der Waals surface area contributed by atoms with Crippen molar-refractivity contribution in [2.24, 2.45) is 5.92 Å². The predicted octanol–water partition coefficient (Wildman–Crippen LogP) is 3.18. The third-order valence-corrected chi connectivity index (χ3v) is 2.95. The average Bonchev–Trinajstić information content (AvgIpc) is 3.00. The summed E-state index contributed by atoms with van der Waals surface area (Å²) in [6.07, 6.45) is 2.61. The van der Waals surface area contributed by atoms with E-state index in [-0.39, 0.29) is 0 Å². The third-order valence-electron chi connectivity index (χ3n) is 2.71. The number of hydrogen-bond acceptors (Lipinski definition) is 2. The summed E-state index contributed by atoms with van der Waals surface area (Å²) in [5.41, 5.74) is 1.08. The molecule has 1 aliphatic carbocycles. The number of rotatable bonds is 5. The van der Waals surface area contributed by atoms with Gasteiger partial charge in [-0.15, -0.1) is 0 Å². The minimum absolute atomic E-state index is 0.425. The Balaban J connectivity index is 1.98. The molecule has 1 N–H and O–H groups in total. The van der Waals surface area contributed by atoms with Gasteiger partial charge in [-0.1, -0.05) is 17.7 Å². The molecule has 0 spiro atoms. The van der Waals surface area contributed by atoms with Crippen LogP contribution in [0.5, 0.6) is 0 Å². The molecular formula is C12H16ClNO. The van der Waals surface area contributed by atoms with Crippen LogP contribution >= 0.6 is 11.6 Å². The largest absolute Gasteiger partial charge is 0.383 e. The number of ether oxygens (including phenoxy) is 1. The lowest BCUT2D eigenvalue weighted by Crippen LogP contribution is -2.27. The fourth-order valence-corrected chi connectivity index (χ4v) is 1.96. The smallest absolute Gasteiger partial charge is 0.0666 e. The van der Waals surface area contributed by atoms with E-state index in [1.165, 1.54) is 12.8 Å². The lowest BCUT2D eigenvalue weighted by molar-refractivity contribution is 0.179. The van der Waals surface area contributed by atoms with Crippen molar-refractivity contribution in [3.05, 3.63) is 29.3 Å². The standard InChI is InChI=1S/C12H16ClNO/c1-15-8-12(9-5-6-9)14-11-4-2-3-10(13)7-11/h2-4,7,9,12,14H,5-6,8H2,1H3. The van der Waals surface area contributed by atoms with Crippen LogP contribution in [0.1, 0.15) is 12.8 Å². The second-order valence-electron chi connectivity index (χ2n) is 4.05. The van der Waals surface area contributed by atoms with Gasteiger partial charge in [-0.2, -0.15) is 0 Å². The minimum atomic E-state index is 0.425. The molecule has 0 saturated heterocycles. The lowest BCUT2D eigenvalue weighted by atomic mass is 10.2. The Labute approximate surface area is 95.6 Å². The van der Waals surface area contributed by atoms with Gasteiger partial charge >= 0.3 is 0 Å². The molecule has 1 aromatic carbocycles. The zero-order valence-corrected chi connectivity index (χ0v) is 9.63. The molecule has 0 aliphatic heterocycles. The number of methoxy groups -OCH3 is 1. The van der Waals surface area contributed by atoms with Gasteiger partial charge in [-0.05, 0) is 37.0 Å². The SMILES string of the molecule is COCC(Nc1cccc(Cl)c1)C1CC1. The fraction of sp³-hybridized carbons (Fsp3) is 0.500. The number of anilines is 1. The highest BCUT2D eigenvalue weighted by Crippen LogP contribution is 2.34. The monoisotopic (exact) mass is 225 g/mol. The summed E-state index contributed by atoms with van der Waals surface area (Å²) >= 11 is 5.93. The zero-order valence-electron chi connectivity index (χ0n) is 8.87. The van der Waals surface area contributed by atoms with Gasteiger partial charge < -0.3 is 10.1 Å². The molecule has 0 bridgehead atoms. The Morgan fingerprint density at radius 1 is 1.53 bits per heavy atom. The van der Waals surface area contributed by atoms with Crippen molar-refractivity contribution in [2.45, 2.75) is 18.9 Å². The van der Waals surface area contributed by atoms with E-state index >= 15 is 0 Å². The molecule has 0 heterocycles. The van der Waals surface area contributed by atoms with Gasteiger partial charge in [0.1, 0.15) is 0 Å². The number of halogens is 1. The van der Waals surface area contributed by atoms with Crippen LogP contribution in [-0.4, -0.2) is 19.8 Å². The molecule has 1 aromatic rings. The van der Waals surface area contributed by atoms with Crippen LogP contribution in [0.15, 0.2) is 24.3 Å². The summed E-state index contributed by atoms with van der Waals surface area (Å²) in [6, 6.07) is 8.26. The van der Waals surface area contributed by atoms with Crippen molar-refractivity contribution in [3.63, 3.8) is 0 Å². The van der Waals surface area contributed by atoms with Gasteiger partial charge in [-0.25, -0.2) is 0 Å². The quantitative estimate of drug-likeness (QED) is 0.831. The van der Waals surface area contributed by atoms with Crippen molar-refractivity contribution in [3.8, 4) is 0 Å². The molecular weight excluding hydrogens is 210 g/mol. The summed E-state index contributed by atoms with van der Waals surface area (Å²) in [7, 11) is 1.75. The highest BCUT2D eigenvalue weighted by atomic mass is 35.5. The second-order valence-corrected chi connectivity index (χ2v) is 4.49. The average molecular weight is 226 g/mol. The van der Waals surface area contributed by atoms with E-state index in [9.17, 15) is 0 Å². The predicted molar refractivity (Wildman–Crippen MR) is 63.5 cm³/mol.